The van der Waals surface area contributed by atoms with Crippen LogP contribution in [0.2, 0.25) is 0 Å². The van der Waals surface area contributed by atoms with Gasteiger partial charge in [0.1, 0.15) is 23.1 Å². The molecule has 3 nitrogen and oxygen atoms in total. The minimum absolute atomic E-state index is 0.0328. The van der Waals surface area contributed by atoms with Crippen LogP contribution in [0.25, 0.3) is 6.08 Å². The number of rotatable bonds is 1. The number of aromatic hydroxyl groups is 1. The van der Waals surface area contributed by atoms with Gasteiger partial charge in [-0.25, -0.2) is 8.78 Å². The number of fused-ring (bicyclic) bond motifs is 1. The molecule has 0 amide bonds. The highest BCUT2D eigenvalue weighted by Crippen LogP contribution is 2.34. The Bertz CT molecular complexity index is 731. The summed E-state index contributed by atoms with van der Waals surface area (Å²) in [4.78, 5) is 12.0. The second-order valence-electron chi connectivity index (χ2n) is 4.32. The Labute approximate surface area is 112 Å². The van der Waals surface area contributed by atoms with Gasteiger partial charge in [-0.15, -0.1) is 0 Å². The second-order valence-corrected chi connectivity index (χ2v) is 4.32. The van der Waals surface area contributed by atoms with Crippen LogP contribution in [0.15, 0.2) is 42.2 Å². The fourth-order valence-corrected chi connectivity index (χ4v) is 1.99. The number of phenolic OH excluding ortho intramolecular Hbond substituents is 1. The van der Waals surface area contributed by atoms with E-state index in [0.29, 0.717) is 5.56 Å². The molecular formula is C15H8F2O3. The van der Waals surface area contributed by atoms with Crippen molar-refractivity contribution in [2.45, 2.75) is 0 Å². The van der Waals surface area contributed by atoms with Gasteiger partial charge in [0.2, 0.25) is 5.78 Å². The number of ether oxygens (including phenoxy) is 1. The minimum Gasteiger partial charge on any atom is -0.508 e. The molecule has 1 heterocycles. The molecule has 0 saturated heterocycles. The molecule has 0 aromatic heterocycles. The Morgan fingerprint density at radius 3 is 2.45 bits per heavy atom. The van der Waals surface area contributed by atoms with E-state index in [4.69, 9.17) is 4.74 Å². The molecule has 1 N–H and O–H groups in total. The fourth-order valence-electron chi connectivity index (χ4n) is 1.99. The number of ketones is 1. The van der Waals surface area contributed by atoms with Gasteiger partial charge in [0.05, 0.1) is 5.56 Å². The van der Waals surface area contributed by atoms with E-state index in [1.165, 1.54) is 24.3 Å². The first kappa shape index (κ1) is 12.3. The van der Waals surface area contributed by atoms with Crippen LogP contribution in [0.1, 0.15) is 15.9 Å². The first-order chi connectivity index (χ1) is 9.52. The second kappa shape index (κ2) is 4.45. The van der Waals surface area contributed by atoms with Crippen LogP contribution < -0.4 is 4.74 Å². The summed E-state index contributed by atoms with van der Waals surface area (Å²) in [6, 6.07) is 7.03. The van der Waals surface area contributed by atoms with E-state index in [0.717, 1.165) is 18.2 Å². The van der Waals surface area contributed by atoms with Crippen molar-refractivity contribution in [1.82, 2.24) is 0 Å². The highest BCUT2D eigenvalue weighted by molar-refractivity contribution is 6.14. The highest BCUT2D eigenvalue weighted by Gasteiger charge is 2.27. The Hall–Kier alpha value is -2.69. The van der Waals surface area contributed by atoms with Gasteiger partial charge in [-0.1, -0.05) is 0 Å². The number of carbonyl (C=O) groups excluding carboxylic acids is 1. The third kappa shape index (κ3) is 2.14. The van der Waals surface area contributed by atoms with E-state index in [9.17, 15) is 18.7 Å². The van der Waals surface area contributed by atoms with Crippen molar-refractivity contribution < 1.29 is 23.4 Å². The number of carbonyl (C=O) groups is 1. The summed E-state index contributed by atoms with van der Waals surface area (Å²) in [6.45, 7) is 0. The molecule has 1 aliphatic heterocycles. The molecular weight excluding hydrogens is 266 g/mol. The average Bonchev–Trinajstić information content (AvgIpc) is 2.64. The zero-order valence-electron chi connectivity index (χ0n) is 10.1. The smallest absolute Gasteiger partial charge is 0.231 e. The summed E-state index contributed by atoms with van der Waals surface area (Å²) >= 11 is 0. The van der Waals surface area contributed by atoms with E-state index in [1.54, 1.807) is 0 Å². The molecule has 0 unspecified atom stereocenters. The molecule has 0 bridgehead atoms. The fraction of sp³-hybridized carbons (Fsp3) is 0. The molecule has 0 saturated carbocycles. The zero-order valence-corrected chi connectivity index (χ0v) is 10.1. The number of Topliss-reactive ketones (excluding diaryl/α,β-unsaturated/α-hetero) is 1. The summed E-state index contributed by atoms with van der Waals surface area (Å²) < 4.78 is 31.5. The Morgan fingerprint density at radius 1 is 1.05 bits per heavy atom. The van der Waals surface area contributed by atoms with Gasteiger partial charge in [-0.3, -0.25) is 4.79 Å². The number of allylic oxidation sites excluding steroid dienone is 1. The lowest BCUT2D eigenvalue weighted by molar-refractivity contribution is 0.101. The van der Waals surface area contributed by atoms with Gasteiger partial charge in [-0.05, 0) is 35.9 Å². The largest absolute Gasteiger partial charge is 0.508 e. The number of halogens is 2. The number of hydrogen-bond acceptors (Lipinski definition) is 3. The topological polar surface area (TPSA) is 46.5 Å². The lowest BCUT2D eigenvalue weighted by Crippen LogP contribution is -1.98. The van der Waals surface area contributed by atoms with Crippen LogP contribution in [0.3, 0.4) is 0 Å². The molecule has 0 atom stereocenters. The molecule has 5 heteroatoms. The van der Waals surface area contributed by atoms with Crippen molar-refractivity contribution in [3.8, 4) is 11.5 Å². The molecule has 2 aromatic rings. The van der Waals surface area contributed by atoms with E-state index < -0.39 is 17.4 Å². The van der Waals surface area contributed by atoms with E-state index in [2.05, 4.69) is 0 Å². The first-order valence-corrected chi connectivity index (χ1v) is 5.76. The quantitative estimate of drug-likeness (QED) is 0.812. The molecule has 0 radical (unpaired) electrons. The van der Waals surface area contributed by atoms with E-state index >= 15 is 0 Å². The standard InChI is InChI=1S/C15H8F2O3/c16-9-3-8(4-10(17)6-9)5-14-15(19)12-2-1-11(18)7-13(12)20-14/h1-7,18H. The van der Waals surface area contributed by atoms with Crippen LogP contribution in [-0.2, 0) is 0 Å². The molecule has 1 aliphatic rings. The van der Waals surface area contributed by atoms with Crippen molar-refractivity contribution in [3.63, 3.8) is 0 Å². The lowest BCUT2D eigenvalue weighted by Gasteiger charge is -1.99. The summed E-state index contributed by atoms with van der Waals surface area (Å²) in [5.41, 5.74) is 0.480. The highest BCUT2D eigenvalue weighted by atomic mass is 19.1. The SMILES string of the molecule is O=C1C(=Cc2cc(F)cc(F)c2)Oc2cc(O)ccc21. The van der Waals surface area contributed by atoms with Gasteiger partial charge in [-0.2, -0.15) is 0 Å². The van der Waals surface area contributed by atoms with Crippen molar-refractivity contribution in [3.05, 3.63) is 64.9 Å². The normalized spacial score (nSPS) is 15.3. The average molecular weight is 274 g/mol. The number of benzene rings is 2. The van der Waals surface area contributed by atoms with Gasteiger partial charge in [0.25, 0.3) is 0 Å². The van der Waals surface area contributed by atoms with Crippen molar-refractivity contribution >= 4 is 11.9 Å². The summed E-state index contributed by atoms with van der Waals surface area (Å²) in [5, 5.41) is 9.32. The zero-order chi connectivity index (χ0) is 14.3. The molecule has 0 aliphatic carbocycles. The molecule has 100 valence electrons. The monoisotopic (exact) mass is 274 g/mol. The van der Waals surface area contributed by atoms with E-state index in [1.807, 2.05) is 0 Å². The molecule has 0 fully saturated rings. The number of hydrogen-bond donors (Lipinski definition) is 1. The molecule has 0 spiro atoms. The van der Waals surface area contributed by atoms with Crippen molar-refractivity contribution in [2.24, 2.45) is 0 Å². The third-order valence-electron chi connectivity index (χ3n) is 2.84. The first-order valence-electron chi connectivity index (χ1n) is 5.76. The summed E-state index contributed by atoms with van der Waals surface area (Å²) in [6.07, 6.45) is 1.26. The van der Waals surface area contributed by atoms with Crippen molar-refractivity contribution in [2.75, 3.05) is 0 Å². The Balaban J connectivity index is 2.01. The van der Waals surface area contributed by atoms with Gasteiger partial charge in [0, 0.05) is 12.1 Å². The maximum Gasteiger partial charge on any atom is 0.231 e. The third-order valence-corrected chi connectivity index (χ3v) is 2.84. The molecule has 3 rings (SSSR count). The van der Waals surface area contributed by atoms with Crippen LogP contribution in [0.5, 0.6) is 11.5 Å². The summed E-state index contributed by atoms with van der Waals surface area (Å²) in [7, 11) is 0. The predicted molar refractivity (Wildman–Crippen MR) is 67.4 cm³/mol. The van der Waals surface area contributed by atoms with Crippen LogP contribution in [-0.4, -0.2) is 10.9 Å². The lowest BCUT2D eigenvalue weighted by atomic mass is 10.1. The molecule has 20 heavy (non-hydrogen) atoms. The van der Waals surface area contributed by atoms with Gasteiger partial charge >= 0.3 is 0 Å². The van der Waals surface area contributed by atoms with Gasteiger partial charge in [0.15, 0.2) is 5.76 Å². The number of phenols is 1. The predicted octanol–water partition coefficient (Wildman–Crippen LogP) is 3.29. The minimum atomic E-state index is -0.738. The van der Waals surface area contributed by atoms with Crippen LogP contribution in [0.4, 0.5) is 8.78 Å². The maximum absolute atomic E-state index is 13.1. The van der Waals surface area contributed by atoms with E-state index in [-0.39, 0.29) is 22.8 Å². The Kier molecular flexibility index (Phi) is 2.75. The van der Waals surface area contributed by atoms with Crippen LogP contribution >= 0.6 is 0 Å². The molecule has 2 aromatic carbocycles. The maximum atomic E-state index is 13.1. The van der Waals surface area contributed by atoms with Crippen molar-refractivity contribution in [1.29, 1.82) is 0 Å². The Morgan fingerprint density at radius 2 is 1.75 bits per heavy atom. The van der Waals surface area contributed by atoms with Gasteiger partial charge < -0.3 is 9.84 Å². The van der Waals surface area contributed by atoms with Crippen LogP contribution in [0, 0.1) is 11.6 Å². The summed E-state index contributed by atoms with van der Waals surface area (Å²) in [5.74, 6) is -1.73.